The number of aliphatic hydroxyl groups excluding tert-OH is 1. The summed E-state index contributed by atoms with van der Waals surface area (Å²) in [5.41, 5.74) is 4.02. The molecule has 2 aromatic carbocycles. The fraction of sp³-hybridized carbons (Fsp3) is 0.250. The molecule has 128 valence electrons. The van der Waals surface area contributed by atoms with Crippen molar-refractivity contribution in [2.45, 2.75) is 19.6 Å². The van der Waals surface area contributed by atoms with E-state index in [0.29, 0.717) is 11.5 Å². The van der Waals surface area contributed by atoms with Crippen LogP contribution in [0.3, 0.4) is 0 Å². The van der Waals surface area contributed by atoms with Crippen LogP contribution in [0, 0.1) is 0 Å². The molecule has 0 spiro atoms. The lowest BCUT2D eigenvalue weighted by molar-refractivity contribution is -0.686. The fourth-order valence-corrected chi connectivity index (χ4v) is 3.62. The minimum atomic E-state index is -0.0554. The minimum absolute atomic E-state index is 0.0554. The second kappa shape index (κ2) is 5.93. The Morgan fingerprint density at radius 2 is 1.96 bits per heavy atom. The molecular formula is C20H20NO4+. The quantitative estimate of drug-likeness (QED) is 0.721. The average Bonchev–Trinajstić information content (AvgIpc) is 2.64. The Balaban J connectivity index is 1.98. The number of phenolic OH excluding ortho intramolecular Hbond substituents is 1. The lowest BCUT2D eigenvalue weighted by Crippen LogP contribution is -2.40. The molecule has 0 radical (unpaired) electrons. The van der Waals surface area contributed by atoms with Gasteiger partial charge >= 0.3 is 0 Å². The van der Waals surface area contributed by atoms with Gasteiger partial charge in [0.25, 0.3) is 0 Å². The van der Waals surface area contributed by atoms with Crippen LogP contribution in [0.15, 0.2) is 36.5 Å². The largest absolute Gasteiger partial charge is 0.504 e. The molecule has 1 aromatic heterocycles. The van der Waals surface area contributed by atoms with E-state index in [4.69, 9.17) is 9.47 Å². The molecule has 0 aliphatic carbocycles. The normalized spacial score (nSPS) is 12.6. The van der Waals surface area contributed by atoms with Gasteiger partial charge in [0.2, 0.25) is 5.69 Å². The Bertz CT molecular complexity index is 981. The third-order valence-electron chi connectivity index (χ3n) is 4.88. The summed E-state index contributed by atoms with van der Waals surface area (Å²) in [6.45, 7) is 0.761. The van der Waals surface area contributed by atoms with Gasteiger partial charge in [0.15, 0.2) is 24.2 Å². The highest BCUT2D eigenvalue weighted by molar-refractivity contribution is 5.90. The molecule has 1 aliphatic heterocycles. The van der Waals surface area contributed by atoms with Gasteiger partial charge in [-0.1, -0.05) is 12.1 Å². The van der Waals surface area contributed by atoms with Gasteiger partial charge in [0.05, 0.1) is 31.8 Å². The summed E-state index contributed by atoms with van der Waals surface area (Å²) < 4.78 is 13.0. The number of phenols is 1. The Labute approximate surface area is 145 Å². The van der Waals surface area contributed by atoms with Gasteiger partial charge < -0.3 is 19.7 Å². The maximum atomic E-state index is 10.0. The molecule has 0 atom stereocenters. The molecule has 0 bridgehead atoms. The molecule has 5 nitrogen and oxygen atoms in total. The zero-order valence-corrected chi connectivity index (χ0v) is 14.2. The Kier molecular flexibility index (Phi) is 3.73. The first-order valence-corrected chi connectivity index (χ1v) is 8.20. The maximum absolute atomic E-state index is 10.0. The highest BCUT2D eigenvalue weighted by Gasteiger charge is 2.26. The van der Waals surface area contributed by atoms with Gasteiger partial charge in [0.1, 0.15) is 5.75 Å². The number of aromatic hydroxyl groups is 1. The molecule has 2 heterocycles. The number of ether oxygens (including phenoxy) is 2. The van der Waals surface area contributed by atoms with Crippen molar-refractivity contribution in [3.63, 3.8) is 0 Å². The van der Waals surface area contributed by atoms with Crippen molar-refractivity contribution in [1.82, 2.24) is 0 Å². The topological polar surface area (TPSA) is 62.8 Å². The number of aryl methyl sites for hydroxylation is 2. The van der Waals surface area contributed by atoms with Gasteiger partial charge in [0, 0.05) is 18.1 Å². The molecular weight excluding hydrogens is 318 g/mol. The number of aliphatic hydroxyl groups is 1. The average molecular weight is 338 g/mol. The van der Waals surface area contributed by atoms with Crippen LogP contribution < -0.4 is 14.0 Å². The monoisotopic (exact) mass is 338 g/mol. The van der Waals surface area contributed by atoms with Gasteiger partial charge in [-0.25, -0.2) is 0 Å². The first-order chi connectivity index (χ1) is 12.2. The van der Waals surface area contributed by atoms with Crippen molar-refractivity contribution >= 4 is 10.8 Å². The van der Waals surface area contributed by atoms with Crippen LogP contribution >= 0.6 is 0 Å². The summed E-state index contributed by atoms with van der Waals surface area (Å²) in [5.74, 6) is 1.36. The van der Waals surface area contributed by atoms with E-state index in [1.165, 1.54) is 0 Å². The number of nitrogens with zero attached hydrogens (tertiary/aromatic N) is 1. The van der Waals surface area contributed by atoms with Crippen LogP contribution in [-0.4, -0.2) is 24.4 Å². The van der Waals surface area contributed by atoms with Crippen molar-refractivity contribution < 1.29 is 24.3 Å². The van der Waals surface area contributed by atoms with E-state index >= 15 is 0 Å². The number of benzene rings is 2. The summed E-state index contributed by atoms with van der Waals surface area (Å²) in [6.07, 6.45) is 2.91. The summed E-state index contributed by atoms with van der Waals surface area (Å²) >= 11 is 0. The molecule has 1 aliphatic rings. The Morgan fingerprint density at radius 1 is 1.12 bits per heavy atom. The molecule has 0 unspecified atom stereocenters. The summed E-state index contributed by atoms with van der Waals surface area (Å²) in [7, 11) is 3.18. The van der Waals surface area contributed by atoms with Gasteiger partial charge in [-0.05, 0) is 23.1 Å². The highest BCUT2D eigenvalue weighted by atomic mass is 16.5. The van der Waals surface area contributed by atoms with E-state index in [2.05, 4.69) is 16.8 Å². The third kappa shape index (κ3) is 2.39. The van der Waals surface area contributed by atoms with Crippen molar-refractivity contribution in [3.8, 4) is 28.5 Å². The second-order valence-electron chi connectivity index (χ2n) is 6.20. The lowest BCUT2D eigenvalue weighted by atomic mass is 9.95. The summed E-state index contributed by atoms with van der Waals surface area (Å²) in [5, 5.41) is 21.6. The molecule has 0 amide bonds. The number of aromatic nitrogens is 1. The zero-order valence-electron chi connectivity index (χ0n) is 14.2. The van der Waals surface area contributed by atoms with E-state index in [9.17, 15) is 10.2 Å². The Hall–Kier alpha value is -2.79. The second-order valence-corrected chi connectivity index (χ2v) is 6.20. The van der Waals surface area contributed by atoms with Crippen LogP contribution in [0.4, 0.5) is 0 Å². The van der Waals surface area contributed by atoms with E-state index < -0.39 is 0 Å². The molecule has 0 fully saturated rings. The number of pyridine rings is 1. The standard InChI is InChI=1S/C20H19NO4/c1-24-19-9-15-13(8-18(19)23)5-6-21-10-16-12(7-17(15)21)3-4-14(11-22)20(16)25-2/h3-4,7-10,22H,5-6,11H2,1-2H3/p+1. The first kappa shape index (κ1) is 15.7. The van der Waals surface area contributed by atoms with Gasteiger partial charge in [-0.2, -0.15) is 4.57 Å². The van der Waals surface area contributed by atoms with Crippen molar-refractivity contribution in [2.75, 3.05) is 14.2 Å². The summed E-state index contributed by atoms with van der Waals surface area (Å²) in [4.78, 5) is 0. The fourth-order valence-electron chi connectivity index (χ4n) is 3.62. The molecule has 4 rings (SSSR count). The van der Waals surface area contributed by atoms with E-state index in [1.54, 1.807) is 20.3 Å². The molecule has 25 heavy (non-hydrogen) atoms. The predicted octanol–water partition coefficient (Wildman–Crippen LogP) is 2.57. The zero-order chi connectivity index (χ0) is 17.6. The van der Waals surface area contributed by atoms with Crippen molar-refractivity contribution in [3.05, 3.63) is 47.7 Å². The smallest absolute Gasteiger partial charge is 0.213 e. The number of hydrogen-bond acceptors (Lipinski definition) is 4. The summed E-state index contributed by atoms with van der Waals surface area (Å²) in [6, 6.07) is 9.68. The molecule has 0 saturated carbocycles. The lowest BCUT2D eigenvalue weighted by Gasteiger charge is -2.18. The molecule has 2 N–H and O–H groups in total. The van der Waals surface area contributed by atoms with Crippen LogP contribution in [0.1, 0.15) is 11.1 Å². The number of hydrogen-bond donors (Lipinski definition) is 2. The number of rotatable bonds is 3. The predicted molar refractivity (Wildman–Crippen MR) is 94.0 cm³/mol. The van der Waals surface area contributed by atoms with Gasteiger partial charge in [-0.3, -0.25) is 0 Å². The van der Waals surface area contributed by atoms with Crippen molar-refractivity contribution in [1.29, 1.82) is 0 Å². The van der Waals surface area contributed by atoms with Crippen LogP contribution in [0.5, 0.6) is 17.2 Å². The van der Waals surface area contributed by atoms with Crippen LogP contribution in [0.25, 0.3) is 22.0 Å². The maximum Gasteiger partial charge on any atom is 0.213 e. The molecule has 3 aromatic rings. The first-order valence-electron chi connectivity index (χ1n) is 8.20. The minimum Gasteiger partial charge on any atom is -0.504 e. The van der Waals surface area contributed by atoms with E-state index in [0.717, 1.165) is 46.1 Å². The third-order valence-corrected chi connectivity index (χ3v) is 4.88. The van der Waals surface area contributed by atoms with Crippen LogP contribution in [0.2, 0.25) is 0 Å². The molecule has 0 saturated heterocycles. The van der Waals surface area contributed by atoms with E-state index in [-0.39, 0.29) is 12.4 Å². The van der Waals surface area contributed by atoms with Gasteiger partial charge in [-0.15, -0.1) is 0 Å². The number of methoxy groups -OCH3 is 2. The van der Waals surface area contributed by atoms with Crippen molar-refractivity contribution in [2.24, 2.45) is 0 Å². The molecule has 5 heteroatoms. The highest BCUT2D eigenvalue weighted by Crippen LogP contribution is 2.38. The van der Waals surface area contributed by atoms with Crippen LogP contribution in [-0.2, 0) is 19.6 Å². The Morgan fingerprint density at radius 3 is 2.68 bits per heavy atom. The van der Waals surface area contributed by atoms with E-state index in [1.807, 2.05) is 18.2 Å². The number of fused-ring (bicyclic) bond motifs is 4. The SMILES string of the molecule is COc1cc2c(cc1O)CC[n+]1cc3c(OC)c(CO)ccc3cc1-2.